The lowest BCUT2D eigenvalue weighted by molar-refractivity contribution is -0.137. The number of halogens is 4. The minimum atomic E-state index is -4.29. The Hall–Kier alpha value is -0.680. The molecule has 9 heteroatoms. The maximum absolute atomic E-state index is 12.9. The molecule has 1 heterocycles. The molecule has 0 radical (unpaired) electrons. The average Bonchev–Trinajstić information content (AvgIpc) is 2.69. The molecular formula is C21H34F3IN4S. The molecule has 1 saturated heterocycles. The lowest BCUT2D eigenvalue weighted by atomic mass is 10.0. The first-order valence-electron chi connectivity index (χ1n) is 10.3. The molecule has 1 fully saturated rings. The minimum absolute atomic E-state index is 0. The van der Waals surface area contributed by atoms with E-state index in [1.807, 2.05) is 11.8 Å². The third kappa shape index (κ3) is 10.1. The van der Waals surface area contributed by atoms with E-state index in [1.54, 1.807) is 6.07 Å². The van der Waals surface area contributed by atoms with Crippen molar-refractivity contribution in [2.45, 2.75) is 51.4 Å². The maximum atomic E-state index is 12.9. The van der Waals surface area contributed by atoms with E-state index in [9.17, 15) is 13.2 Å². The zero-order chi connectivity index (χ0) is 21.1. The monoisotopic (exact) mass is 558 g/mol. The predicted octanol–water partition coefficient (Wildman–Crippen LogP) is 4.99. The molecule has 0 amide bonds. The fraction of sp³-hybridized carbons (Fsp3) is 0.667. The molecule has 2 rings (SSSR count). The molecule has 1 aliphatic rings. The van der Waals surface area contributed by atoms with Gasteiger partial charge >= 0.3 is 6.18 Å². The van der Waals surface area contributed by atoms with Crippen molar-refractivity contribution in [1.29, 1.82) is 0 Å². The second-order valence-electron chi connectivity index (χ2n) is 7.35. The van der Waals surface area contributed by atoms with Gasteiger partial charge in [0.2, 0.25) is 0 Å². The third-order valence-electron chi connectivity index (χ3n) is 4.96. The highest BCUT2D eigenvalue weighted by Crippen LogP contribution is 2.30. The Morgan fingerprint density at radius 3 is 2.60 bits per heavy atom. The molecule has 0 atom stereocenters. The fourth-order valence-corrected chi connectivity index (χ4v) is 3.89. The van der Waals surface area contributed by atoms with Crippen LogP contribution >= 0.6 is 35.7 Å². The summed E-state index contributed by atoms with van der Waals surface area (Å²) in [5.74, 6) is 2.04. The van der Waals surface area contributed by atoms with Gasteiger partial charge < -0.3 is 10.6 Å². The number of piperidine rings is 1. The summed E-state index contributed by atoms with van der Waals surface area (Å²) < 4.78 is 38.7. The Bertz CT molecular complexity index is 635. The molecule has 0 aromatic heterocycles. The van der Waals surface area contributed by atoms with Crippen molar-refractivity contribution < 1.29 is 13.2 Å². The van der Waals surface area contributed by atoms with Crippen LogP contribution in [0.3, 0.4) is 0 Å². The van der Waals surface area contributed by atoms with Gasteiger partial charge in [-0.2, -0.15) is 24.9 Å². The summed E-state index contributed by atoms with van der Waals surface area (Å²) in [6.45, 7) is 5.99. The summed E-state index contributed by atoms with van der Waals surface area (Å²) in [6, 6.07) is 5.99. The van der Waals surface area contributed by atoms with E-state index >= 15 is 0 Å². The van der Waals surface area contributed by atoms with Gasteiger partial charge in [-0.25, -0.2) is 0 Å². The van der Waals surface area contributed by atoms with Crippen LogP contribution in [0.4, 0.5) is 13.2 Å². The average molecular weight is 558 g/mol. The summed E-state index contributed by atoms with van der Waals surface area (Å²) >= 11 is 1.86. The van der Waals surface area contributed by atoms with Crippen LogP contribution in [0.5, 0.6) is 0 Å². The molecule has 2 N–H and O–H groups in total. The highest BCUT2D eigenvalue weighted by Gasteiger charge is 2.30. The second kappa shape index (κ2) is 14.4. The number of hydrogen-bond acceptors (Lipinski definition) is 3. The molecule has 0 aliphatic carbocycles. The van der Waals surface area contributed by atoms with Gasteiger partial charge in [0.15, 0.2) is 5.96 Å². The van der Waals surface area contributed by atoms with E-state index in [-0.39, 0.29) is 24.0 Å². The topological polar surface area (TPSA) is 39.7 Å². The highest BCUT2D eigenvalue weighted by atomic mass is 127. The first-order valence-corrected chi connectivity index (χ1v) is 11.7. The van der Waals surface area contributed by atoms with Crippen molar-refractivity contribution in [3.8, 4) is 0 Å². The van der Waals surface area contributed by atoms with Crippen LogP contribution in [0, 0.1) is 0 Å². The summed E-state index contributed by atoms with van der Waals surface area (Å²) in [5, 5.41) is 6.83. The van der Waals surface area contributed by atoms with E-state index in [1.165, 1.54) is 24.3 Å². The van der Waals surface area contributed by atoms with Gasteiger partial charge in [0.1, 0.15) is 0 Å². The van der Waals surface area contributed by atoms with Gasteiger partial charge in [0.05, 0.1) is 5.56 Å². The van der Waals surface area contributed by atoms with Crippen LogP contribution in [-0.4, -0.2) is 55.1 Å². The largest absolute Gasteiger partial charge is 0.416 e. The van der Waals surface area contributed by atoms with Crippen molar-refractivity contribution >= 4 is 41.7 Å². The summed E-state index contributed by atoms with van der Waals surface area (Å²) in [7, 11) is 0. The zero-order valence-electron chi connectivity index (χ0n) is 17.8. The maximum Gasteiger partial charge on any atom is 0.416 e. The van der Waals surface area contributed by atoms with Crippen LogP contribution in [0.25, 0.3) is 0 Å². The van der Waals surface area contributed by atoms with E-state index in [4.69, 9.17) is 0 Å². The van der Waals surface area contributed by atoms with Crippen LogP contribution in [0.15, 0.2) is 29.3 Å². The number of guanidine groups is 1. The Labute approximate surface area is 199 Å². The molecule has 1 aliphatic heterocycles. The molecule has 0 saturated carbocycles. The van der Waals surface area contributed by atoms with E-state index in [0.29, 0.717) is 18.2 Å². The molecule has 4 nitrogen and oxygen atoms in total. The number of nitrogens with one attached hydrogen (secondary N) is 2. The number of likely N-dealkylation sites (tertiary alicyclic amines) is 1. The SMILES string of the molecule is CCNC(=NCCCCSC)NC1CCN(Cc2cccc(C(F)(F)F)c2)CC1.I. The number of unbranched alkanes of at least 4 members (excludes halogenated alkanes) is 1. The number of hydrogen-bond donors (Lipinski definition) is 2. The Morgan fingerprint density at radius 1 is 1.23 bits per heavy atom. The molecule has 172 valence electrons. The Morgan fingerprint density at radius 2 is 1.97 bits per heavy atom. The van der Waals surface area contributed by atoms with Crippen LogP contribution in [0.1, 0.15) is 43.7 Å². The van der Waals surface area contributed by atoms with Gasteiger partial charge in [0.25, 0.3) is 0 Å². The first kappa shape index (κ1) is 27.4. The summed E-state index contributed by atoms with van der Waals surface area (Å²) in [6.07, 6.45) is 2.01. The lowest BCUT2D eigenvalue weighted by Crippen LogP contribution is -2.48. The number of benzene rings is 1. The number of nitrogens with zero attached hydrogens (tertiary/aromatic N) is 2. The standard InChI is InChI=1S/C21H33F3N4S.HI/c1-3-25-20(26-11-4-5-14-29-2)27-19-9-12-28(13-10-19)16-17-7-6-8-18(15-17)21(22,23)24;/h6-8,15,19H,3-5,9-14,16H2,1-2H3,(H2,25,26,27);1H. The van der Waals surface area contributed by atoms with Crippen molar-refractivity contribution in [2.75, 3.05) is 38.2 Å². The Kier molecular flexibility index (Phi) is 13.1. The fourth-order valence-electron chi connectivity index (χ4n) is 3.40. The van der Waals surface area contributed by atoms with Gasteiger partial charge in [-0.15, -0.1) is 24.0 Å². The second-order valence-corrected chi connectivity index (χ2v) is 8.34. The lowest BCUT2D eigenvalue weighted by Gasteiger charge is -2.33. The minimum Gasteiger partial charge on any atom is -0.357 e. The van der Waals surface area contributed by atoms with Crippen molar-refractivity contribution in [1.82, 2.24) is 15.5 Å². The summed E-state index contributed by atoms with van der Waals surface area (Å²) in [4.78, 5) is 6.89. The smallest absolute Gasteiger partial charge is 0.357 e. The van der Waals surface area contributed by atoms with E-state index in [2.05, 4.69) is 33.7 Å². The third-order valence-corrected chi connectivity index (χ3v) is 5.66. The summed E-state index contributed by atoms with van der Waals surface area (Å²) in [5.41, 5.74) is 0.141. The normalized spacial score (nSPS) is 16.2. The van der Waals surface area contributed by atoms with Gasteiger partial charge in [-0.05, 0) is 56.2 Å². The molecule has 1 aromatic carbocycles. The number of alkyl halides is 3. The van der Waals surface area contributed by atoms with Gasteiger partial charge in [0, 0.05) is 38.8 Å². The number of thioether (sulfide) groups is 1. The van der Waals surface area contributed by atoms with E-state index < -0.39 is 11.7 Å². The first-order chi connectivity index (χ1) is 13.9. The van der Waals surface area contributed by atoms with Crippen LogP contribution in [-0.2, 0) is 12.7 Å². The molecule has 1 aromatic rings. The zero-order valence-corrected chi connectivity index (χ0v) is 20.9. The van der Waals surface area contributed by atoms with Crippen LogP contribution < -0.4 is 10.6 Å². The quantitative estimate of drug-likeness (QED) is 0.194. The Balaban J connectivity index is 0.00000450. The van der Waals surface area contributed by atoms with Crippen LogP contribution in [0.2, 0.25) is 0 Å². The predicted molar refractivity (Wildman–Crippen MR) is 132 cm³/mol. The van der Waals surface area contributed by atoms with Crippen molar-refractivity contribution in [3.05, 3.63) is 35.4 Å². The molecule has 0 unspecified atom stereocenters. The molecule has 0 spiro atoms. The van der Waals surface area contributed by atoms with Gasteiger partial charge in [-0.3, -0.25) is 9.89 Å². The van der Waals surface area contributed by atoms with E-state index in [0.717, 1.165) is 57.5 Å². The molecule has 30 heavy (non-hydrogen) atoms. The van der Waals surface area contributed by atoms with Crippen molar-refractivity contribution in [3.63, 3.8) is 0 Å². The molecule has 0 bridgehead atoms. The highest BCUT2D eigenvalue weighted by molar-refractivity contribution is 14.0. The number of aliphatic imine (C=N–C) groups is 1. The van der Waals surface area contributed by atoms with Gasteiger partial charge in [-0.1, -0.05) is 18.2 Å². The van der Waals surface area contributed by atoms with Crippen molar-refractivity contribution in [2.24, 2.45) is 4.99 Å². The number of rotatable bonds is 9. The molecular weight excluding hydrogens is 524 g/mol.